The van der Waals surface area contributed by atoms with E-state index in [1.54, 1.807) is 38.2 Å². The van der Waals surface area contributed by atoms with Crippen LogP contribution in [0.5, 0.6) is 11.5 Å². The van der Waals surface area contributed by atoms with Gasteiger partial charge in [0.15, 0.2) is 22.3 Å². The lowest BCUT2D eigenvalue weighted by molar-refractivity contribution is -0.144. The van der Waals surface area contributed by atoms with Gasteiger partial charge in [0.05, 0.1) is 13.2 Å². The van der Waals surface area contributed by atoms with Crippen molar-refractivity contribution in [2.75, 3.05) is 26.1 Å². The molecule has 8 heteroatoms. The Kier molecular flexibility index (Phi) is 4.83. The average Bonchev–Trinajstić information content (AvgIpc) is 2.66. The molecule has 0 radical (unpaired) electrons. The molecule has 2 aliphatic rings. The molecule has 0 saturated carbocycles. The molecular weight excluding hydrogens is 410 g/mol. The topological polar surface area (TPSA) is 54.0 Å². The van der Waals surface area contributed by atoms with Gasteiger partial charge in [-0.3, -0.25) is 9.69 Å². The van der Waals surface area contributed by atoms with Crippen LogP contribution < -0.4 is 19.7 Å². The van der Waals surface area contributed by atoms with Crippen molar-refractivity contribution >= 4 is 40.5 Å². The number of anilines is 1. The van der Waals surface area contributed by atoms with E-state index in [2.05, 4.69) is 5.32 Å². The summed E-state index contributed by atoms with van der Waals surface area (Å²) < 4.78 is 12.1. The molecule has 29 heavy (non-hydrogen) atoms. The van der Waals surface area contributed by atoms with E-state index in [0.717, 1.165) is 11.3 Å². The van der Waals surface area contributed by atoms with Gasteiger partial charge in [-0.05, 0) is 43.4 Å². The van der Waals surface area contributed by atoms with E-state index < -0.39 is 11.6 Å². The van der Waals surface area contributed by atoms with Crippen LogP contribution in [0.15, 0.2) is 42.5 Å². The van der Waals surface area contributed by atoms with Crippen LogP contribution in [-0.4, -0.2) is 42.8 Å². The minimum absolute atomic E-state index is 0.0620. The van der Waals surface area contributed by atoms with Gasteiger partial charge in [-0.15, -0.1) is 0 Å². The lowest BCUT2D eigenvalue weighted by Gasteiger charge is -2.56. The Labute approximate surface area is 180 Å². The zero-order valence-electron chi connectivity index (χ0n) is 16.6. The first-order chi connectivity index (χ1) is 13.8. The molecule has 4 rings (SSSR count). The Morgan fingerprint density at radius 2 is 2.03 bits per heavy atom. The van der Waals surface area contributed by atoms with Gasteiger partial charge in [-0.2, -0.15) is 0 Å². The molecule has 2 aliphatic heterocycles. The Morgan fingerprint density at radius 3 is 2.69 bits per heavy atom. The summed E-state index contributed by atoms with van der Waals surface area (Å²) in [4.78, 5) is 16.7. The van der Waals surface area contributed by atoms with Crippen molar-refractivity contribution in [2.45, 2.75) is 18.7 Å². The number of thiocarbonyl (C=S) groups is 1. The highest BCUT2D eigenvalue weighted by molar-refractivity contribution is 7.80. The van der Waals surface area contributed by atoms with Crippen molar-refractivity contribution in [2.24, 2.45) is 5.92 Å². The van der Waals surface area contributed by atoms with Gasteiger partial charge < -0.3 is 19.7 Å². The molecule has 2 aromatic carbocycles. The van der Waals surface area contributed by atoms with Crippen LogP contribution in [0.1, 0.15) is 18.5 Å². The molecule has 1 amide bonds. The number of nitrogens with one attached hydrogen (secondary N) is 1. The smallest absolute Gasteiger partial charge is 0.233 e. The van der Waals surface area contributed by atoms with E-state index in [4.69, 9.17) is 33.3 Å². The second-order valence-electron chi connectivity index (χ2n) is 7.49. The van der Waals surface area contributed by atoms with Crippen molar-refractivity contribution in [1.29, 1.82) is 0 Å². The van der Waals surface area contributed by atoms with E-state index in [9.17, 15) is 4.79 Å². The number of hydrogen-bond donors (Lipinski definition) is 1. The van der Waals surface area contributed by atoms with Gasteiger partial charge in [0, 0.05) is 30.4 Å². The molecule has 1 saturated heterocycles. The predicted octanol–water partition coefficient (Wildman–Crippen LogP) is 3.60. The summed E-state index contributed by atoms with van der Waals surface area (Å²) in [5.74, 6) is 0.596. The molecule has 0 aromatic heterocycles. The molecule has 2 bridgehead atoms. The molecular formula is C21H22ClN3O3S. The fraction of sp³-hybridized carbons (Fsp3) is 0.333. The van der Waals surface area contributed by atoms with Crippen molar-refractivity contribution in [3.05, 3.63) is 53.1 Å². The predicted molar refractivity (Wildman–Crippen MR) is 117 cm³/mol. The summed E-state index contributed by atoms with van der Waals surface area (Å²) in [6.45, 7) is 1.88. The highest BCUT2D eigenvalue weighted by atomic mass is 35.5. The first kappa shape index (κ1) is 19.8. The molecule has 1 fully saturated rings. The quantitative estimate of drug-likeness (QED) is 0.749. The molecule has 152 valence electrons. The number of ether oxygens (including phenoxy) is 2. The van der Waals surface area contributed by atoms with Gasteiger partial charge >= 0.3 is 0 Å². The highest BCUT2D eigenvalue weighted by Gasteiger charge is 2.59. The Hall–Kier alpha value is -2.51. The standard InChI is InChI=1S/C21H22ClN3O3S/c1-21-16(19(26)24(2)3)17(14-9-6-10-15(27-4)18(14)28-21)23-20(29)25(21)13-8-5-7-12(22)11-13/h5-11,16-17H,1-4H3,(H,23,29)/t16-,17+,21+/m1/s1. The summed E-state index contributed by atoms with van der Waals surface area (Å²) in [6.07, 6.45) is 0. The third-order valence-electron chi connectivity index (χ3n) is 5.48. The van der Waals surface area contributed by atoms with Gasteiger partial charge in [0.1, 0.15) is 5.92 Å². The normalized spacial score (nSPS) is 24.9. The van der Waals surface area contributed by atoms with Gasteiger partial charge in [-0.25, -0.2) is 0 Å². The Morgan fingerprint density at radius 1 is 1.31 bits per heavy atom. The van der Waals surface area contributed by atoms with Crippen LogP contribution in [0.4, 0.5) is 5.69 Å². The molecule has 6 nitrogen and oxygen atoms in total. The summed E-state index contributed by atoms with van der Waals surface area (Å²) >= 11 is 12.0. The second kappa shape index (κ2) is 7.07. The molecule has 3 atom stereocenters. The number of nitrogens with zero attached hydrogens (tertiary/aromatic N) is 2. The van der Waals surface area contributed by atoms with Crippen LogP contribution in [0.3, 0.4) is 0 Å². The largest absolute Gasteiger partial charge is 0.493 e. The zero-order chi connectivity index (χ0) is 20.9. The minimum Gasteiger partial charge on any atom is -0.493 e. The van der Waals surface area contributed by atoms with Gasteiger partial charge in [-0.1, -0.05) is 29.8 Å². The molecule has 2 aromatic rings. The molecule has 2 heterocycles. The maximum atomic E-state index is 13.3. The minimum atomic E-state index is -1.08. The third kappa shape index (κ3) is 3.00. The SMILES string of the molecule is COc1cccc2c1O[C@@]1(C)[C@@H](C(=O)N(C)C)[C@H]2NC(=S)N1c1cccc(Cl)c1. The van der Waals surface area contributed by atoms with Crippen LogP contribution in [0.2, 0.25) is 5.02 Å². The van der Waals surface area contributed by atoms with Crippen molar-refractivity contribution in [3.63, 3.8) is 0 Å². The molecule has 1 N–H and O–H groups in total. The number of methoxy groups -OCH3 is 1. The Bertz CT molecular complexity index is 999. The van der Waals surface area contributed by atoms with Crippen molar-refractivity contribution in [1.82, 2.24) is 10.2 Å². The van der Waals surface area contributed by atoms with E-state index >= 15 is 0 Å². The average molecular weight is 432 g/mol. The van der Waals surface area contributed by atoms with Crippen LogP contribution in [0, 0.1) is 5.92 Å². The number of amides is 1. The number of carbonyl (C=O) groups is 1. The van der Waals surface area contributed by atoms with E-state index in [1.807, 2.05) is 42.2 Å². The number of rotatable bonds is 3. The van der Waals surface area contributed by atoms with Crippen molar-refractivity contribution in [3.8, 4) is 11.5 Å². The maximum absolute atomic E-state index is 13.3. The van der Waals surface area contributed by atoms with Gasteiger partial charge in [0.2, 0.25) is 5.91 Å². The summed E-state index contributed by atoms with van der Waals surface area (Å²) in [6, 6.07) is 12.6. The van der Waals surface area contributed by atoms with E-state index in [0.29, 0.717) is 21.6 Å². The number of halogens is 1. The lowest BCUT2D eigenvalue weighted by Crippen LogP contribution is -2.72. The van der Waals surface area contributed by atoms with E-state index in [1.165, 1.54) is 0 Å². The number of benzene rings is 2. The summed E-state index contributed by atoms with van der Waals surface area (Å²) in [7, 11) is 5.08. The van der Waals surface area contributed by atoms with Crippen LogP contribution >= 0.6 is 23.8 Å². The lowest BCUT2D eigenvalue weighted by atomic mass is 9.78. The molecule has 0 aliphatic carbocycles. The maximum Gasteiger partial charge on any atom is 0.233 e. The Balaban J connectivity index is 1.95. The third-order valence-corrected chi connectivity index (χ3v) is 6.02. The monoisotopic (exact) mass is 431 g/mol. The number of fused-ring (bicyclic) bond motifs is 4. The second-order valence-corrected chi connectivity index (χ2v) is 8.31. The molecule has 0 spiro atoms. The number of hydrogen-bond acceptors (Lipinski definition) is 4. The fourth-order valence-electron chi connectivity index (χ4n) is 4.19. The zero-order valence-corrected chi connectivity index (χ0v) is 18.2. The molecule has 0 unspecified atom stereocenters. The summed E-state index contributed by atoms with van der Waals surface area (Å²) in [5, 5.41) is 4.40. The highest BCUT2D eigenvalue weighted by Crippen LogP contribution is 2.52. The van der Waals surface area contributed by atoms with Crippen molar-refractivity contribution < 1.29 is 14.3 Å². The number of para-hydroxylation sites is 1. The van der Waals surface area contributed by atoms with Gasteiger partial charge in [0.25, 0.3) is 0 Å². The van der Waals surface area contributed by atoms with E-state index in [-0.39, 0.29) is 11.9 Å². The summed E-state index contributed by atoms with van der Waals surface area (Å²) in [5.41, 5.74) is 0.502. The first-order valence-electron chi connectivity index (χ1n) is 9.21. The van der Waals surface area contributed by atoms with Crippen LogP contribution in [-0.2, 0) is 4.79 Å². The van der Waals surface area contributed by atoms with Crippen LogP contribution in [0.25, 0.3) is 0 Å². The first-order valence-corrected chi connectivity index (χ1v) is 10.00. The fourth-order valence-corrected chi connectivity index (χ4v) is 4.79. The number of carbonyl (C=O) groups excluding carboxylic acids is 1.